The molecule has 6 nitrogen and oxygen atoms in total. The van der Waals surface area contributed by atoms with Crippen molar-refractivity contribution < 1.29 is 8.42 Å². The Hall–Kier alpha value is -1.74. The minimum Gasteiger partial charge on any atom is -0.216 e. The maximum atomic E-state index is 11.3. The lowest BCUT2D eigenvalue weighted by molar-refractivity contribution is 0.597. The van der Waals surface area contributed by atoms with Gasteiger partial charge in [0.25, 0.3) is 10.0 Å². The highest BCUT2D eigenvalue weighted by atomic mass is 35.5. The standard InChI is InChI=1S/C7H3ClN4O2S/c8-6-2-1-5(4-9)3-7(6)15(13,14)12-11-10/h1-3H. The van der Waals surface area contributed by atoms with Gasteiger partial charge in [-0.25, -0.2) is 8.42 Å². The van der Waals surface area contributed by atoms with Crippen LogP contribution in [0.4, 0.5) is 0 Å². The Morgan fingerprint density at radius 1 is 1.53 bits per heavy atom. The van der Waals surface area contributed by atoms with Crippen LogP contribution in [0.2, 0.25) is 5.02 Å². The molecule has 0 spiro atoms. The van der Waals surface area contributed by atoms with Crippen LogP contribution in [0.3, 0.4) is 0 Å². The molecule has 1 aromatic rings. The summed E-state index contributed by atoms with van der Waals surface area (Å²) < 4.78 is 25.2. The molecule has 15 heavy (non-hydrogen) atoms. The van der Waals surface area contributed by atoms with Gasteiger partial charge in [0.05, 0.1) is 21.6 Å². The second kappa shape index (κ2) is 4.19. The van der Waals surface area contributed by atoms with E-state index in [1.54, 1.807) is 6.07 Å². The molecule has 0 aliphatic heterocycles. The smallest absolute Gasteiger partial charge is 0.216 e. The van der Waals surface area contributed by atoms with E-state index in [4.69, 9.17) is 22.4 Å². The Kier molecular flexibility index (Phi) is 3.17. The molecule has 0 aromatic heterocycles. The van der Waals surface area contributed by atoms with Gasteiger partial charge in [-0.3, -0.25) is 0 Å². The van der Waals surface area contributed by atoms with Crippen LogP contribution in [0.5, 0.6) is 0 Å². The lowest BCUT2D eigenvalue weighted by Crippen LogP contribution is -1.97. The minimum atomic E-state index is -4.15. The summed E-state index contributed by atoms with van der Waals surface area (Å²) >= 11 is 5.60. The molecule has 8 heteroatoms. The van der Waals surface area contributed by atoms with E-state index in [0.29, 0.717) is 0 Å². The maximum absolute atomic E-state index is 11.3. The Morgan fingerprint density at radius 2 is 2.20 bits per heavy atom. The number of rotatable bonds is 2. The van der Waals surface area contributed by atoms with Gasteiger partial charge in [0.1, 0.15) is 0 Å². The van der Waals surface area contributed by atoms with Crippen LogP contribution in [-0.2, 0) is 10.0 Å². The molecule has 76 valence electrons. The summed E-state index contributed by atoms with van der Waals surface area (Å²) in [6.07, 6.45) is 0. The molecular weight excluding hydrogens is 240 g/mol. The average molecular weight is 243 g/mol. The number of sulfonamides is 1. The molecule has 1 aromatic carbocycles. The van der Waals surface area contributed by atoms with E-state index >= 15 is 0 Å². The SMILES string of the molecule is N#Cc1ccc(Cl)c(S(=O)(=O)N=[N+]=[N-])c1. The lowest BCUT2D eigenvalue weighted by atomic mass is 10.2. The van der Waals surface area contributed by atoms with Crippen molar-refractivity contribution >= 4 is 21.6 Å². The first-order valence-electron chi connectivity index (χ1n) is 3.52. The van der Waals surface area contributed by atoms with E-state index in [9.17, 15) is 8.42 Å². The van der Waals surface area contributed by atoms with E-state index in [-0.39, 0.29) is 15.5 Å². The van der Waals surface area contributed by atoms with Crippen LogP contribution in [0.25, 0.3) is 10.4 Å². The van der Waals surface area contributed by atoms with Crippen molar-refractivity contribution in [1.29, 1.82) is 5.26 Å². The second-order valence-corrected chi connectivity index (χ2v) is 4.36. The van der Waals surface area contributed by atoms with E-state index in [2.05, 4.69) is 9.43 Å². The van der Waals surface area contributed by atoms with Gasteiger partial charge in [-0.1, -0.05) is 11.6 Å². The molecule has 0 N–H and O–H groups in total. The first-order valence-corrected chi connectivity index (χ1v) is 5.34. The van der Waals surface area contributed by atoms with Crippen molar-refractivity contribution in [3.63, 3.8) is 0 Å². The summed E-state index contributed by atoms with van der Waals surface area (Å²) in [6.45, 7) is 0. The number of nitrogens with zero attached hydrogens (tertiary/aromatic N) is 4. The molecule has 0 saturated heterocycles. The monoisotopic (exact) mass is 242 g/mol. The highest BCUT2D eigenvalue weighted by molar-refractivity contribution is 7.90. The van der Waals surface area contributed by atoms with Crippen molar-refractivity contribution in [3.05, 3.63) is 39.2 Å². The van der Waals surface area contributed by atoms with Gasteiger partial charge in [-0.2, -0.15) is 5.26 Å². The number of hydrogen-bond donors (Lipinski definition) is 0. The lowest BCUT2D eigenvalue weighted by Gasteiger charge is -2.00. The number of nitriles is 1. The Labute approximate surface area is 90.4 Å². The zero-order chi connectivity index (χ0) is 11.5. The fraction of sp³-hybridized carbons (Fsp3) is 0. The van der Waals surface area contributed by atoms with Crippen molar-refractivity contribution in [1.82, 2.24) is 0 Å². The van der Waals surface area contributed by atoms with Crippen LogP contribution < -0.4 is 0 Å². The molecule has 0 heterocycles. The van der Waals surface area contributed by atoms with Crippen LogP contribution in [0.15, 0.2) is 27.6 Å². The number of benzene rings is 1. The van der Waals surface area contributed by atoms with E-state index < -0.39 is 10.0 Å². The quantitative estimate of drug-likeness (QED) is 0.451. The summed E-state index contributed by atoms with van der Waals surface area (Å²) in [7, 11) is -4.15. The van der Waals surface area contributed by atoms with E-state index in [0.717, 1.165) is 6.07 Å². The Bertz CT molecular complexity index is 583. The third kappa shape index (κ3) is 2.39. The first kappa shape index (κ1) is 11.3. The van der Waals surface area contributed by atoms with Gasteiger partial charge in [0.2, 0.25) is 0 Å². The highest BCUT2D eigenvalue weighted by Gasteiger charge is 2.16. The largest absolute Gasteiger partial charge is 0.265 e. The summed E-state index contributed by atoms with van der Waals surface area (Å²) in [5.74, 6) is 0. The molecule has 1 rings (SSSR count). The molecular formula is C7H3ClN4O2S. The summed E-state index contributed by atoms with van der Waals surface area (Å²) in [4.78, 5) is 1.80. The van der Waals surface area contributed by atoms with Gasteiger partial charge in [-0.15, -0.1) is 0 Å². The molecule has 0 fully saturated rings. The second-order valence-electron chi connectivity index (χ2n) is 2.40. The molecule has 0 saturated carbocycles. The Morgan fingerprint density at radius 3 is 2.73 bits per heavy atom. The number of azide groups is 1. The summed E-state index contributed by atoms with van der Waals surface area (Å²) in [5, 5.41) is 8.46. The van der Waals surface area contributed by atoms with Crippen molar-refractivity contribution in [2.75, 3.05) is 0 Å². The molecule has 0 amide bonds. The third-order valence-corrected chi connectivity index (χ3v) is 3.11. The van der Waals surface area contributed by atoms with E-state index in [1.165, 1.54) is 12.1 Å². The zero-order valence-electron chi connectivity index (χ0n) is 7.12. The van der Waals surface area contributed by atoms with Gasteiger partial charge >= 0.3 is 0 Å². The summed E-state index contributed by atoms with van der Waals surface area (Å²) in [5.41, 5.74) is 8.17. The van der Waals surface area contributed by atoms with Crippen molar-refractivity contribution in [2.24, 2.45) is 4.52 Å². The predicted molar refractivity (Wildman–Crippen MR) is 52.5 cm³/mol. The molecule has 0 aliphatic carbocycles. The number of hydrogen-bond acceptors (Lipinski definition) is 3. The van der Waals surface area contributed by atoms with Gasteiger partial charge in [0.15, 0.2) is 0 Å². The number of halogens is 1. The van der Waals surface area contributed by atoms with Gasteiger partial charge < -0.3 is 0 Å². The molecule has 0 aliphatic rings. The normalized spacial score (nSPS) is 10.1. The van der Waals surface area contributed by atoms with Crippen LogP contribution in [0.1, 0.15) is 5.56 Å². The van der Waals surface area contributed by atoms with Gasteiger partial charge in [0, 0.05) is 9.43 Å². The maximum Gasteiger partial charge on any atom is 0.265 e. The minimum absolute atomic E-state index is 0.0959. The fourth-order valence-corrected chi connectivity index (χ4v) is 2.05. The highest BCUT2D eigenvalue weighted by Crippen LogP contribution is 2.24. The first-order chi connectivity index (χ1) is 7.01. The zero-order valence-corrected chi connectivity index (χ0v) is 8.70. The fourth-order valence-electron chi connectivity index (χ4n) is 0.863. The van der Waals surface area contributed by atoms with Crippen LogP contribution >= 0.6 is 11.6 Å². The van der Waals surface area contributed by atoms with Crippen molar-refractivity contribution in [2.45, 2.75) is 4.90 Å². The Balaban J connectivity index is 3.51. The van der Waals surface area contributed by atoms with Gasteiger partial charge in [-0.05, 0) is 23.7 Å². The van der Waals surface area contributed by atoms with Crippen LogP contribution in [-0.4, -0.2) is 8.42 Å². The molecule has 0 radical (unpaired) electrons. The van der Waals surface area contributed by atoms with E-state index in [1.807, 2.05) is 0 Å². The topological polar surface area (TPSA) is 107 Å². The molecule has 0 bridgehead atoms. The summed E-state index contributed by atoms with van der Waals surface area (Å²) in [6, 6.07) is 5.41. The molecule has 0 atom stereocenters. The third-order valence-electron chi connectivity index (χ3n) is 1.48. The average Bonchev–Trinajstić information content (AvgIpc) is 2.18. The van der Waals surface area contributed by atoms with Crippen molar-refractivity contribution in [3.8, 4) is 6.07 Å². The van der Waals surface area contributed by atoms with Crippen LogP contribution in [0, 0.1) is 11.3 Å². The molecule has 0 unspecified atom stereocenters. The predicted octanol–water partition coefficient (Wildman–Crippen LogP) is 2.21.